The summed E-state index contributed by atoms with van der Waals surface area (Å²) in [7, 11) is -3.67. The minimum absolute atomic E-state index is 0.121. The number of hydrogen-bond donors (Lipinski definition) is 1. The first-order valence-electron chi connectivity index (χ1n) is 32.6. The van der Waals surface area contributed by atoms with Crippen LogP contribution in [0.1, 0.15) is 153 Å². The van der Waals surface area contributed by atoms with Gasteiger partial charge in [0.1, 0.15) is 11.5 Å². The van der Waals surface area contributed by atoms with E-state index in [1.165, 1.54) is 33.6 Å². The third kappa shape index (κ3) is 18.9. The number of nitrogens with zero attached hydrogens (tertiary/aromatic N) is 1. The maximum absolute atomic E-state index is 13.3. The summed E-state index contributed by atoms with van der Waals surface area (Å²) in [5.41, 5.74) is 17.9. The standard InChI is InChI=1S/C29H23NO.C16H15BrO2.C16H13BrO.C13H10O.C4F6O3.C4H10O.BF3/c1-29(2)24-12-6-5-11-22(24)28(31)23-16-15-21(18-25(23)29)30-26-13-7-3-9-19(26)17-20-10-4-8-14-27(20)30;1-16(2,11-6-4-3-5-7-11)14-10-12(17)8-9-13(14)15(18)19;1-16(2)13-6-4-3-5-11(13)15(18)12-8-7-10(17)9-14(12)16;1-3-7-12-10(5-1)9-11-6-2-4-8-13(11)14-12;5-3(6,7)1(11)13-2(12)4(8,9)10;1-3-5-4-2;2-1(3)4/h3-16,18H,17H2,1-2H3;3-10H,1-2H3,(H,18,19);3-9H,1-2H3;1-8H,9H2;;3-4H2,1-2H3;. The van der Waals surface area contributed by atoms with E-state index < -0.39 is 37.8 Å². The van der Waals surface area contributed by atoms with E-state index in [1.54, 1.807) is 12.1 Å². The zero-order valence-corrected chi connectivity index (χ0v) is 60.8. The van der Waals surface area contributed by atoms with Gasteiger partial charge in [-0.05, 0) is 148 Å². The molecule has 0 fully saturated rings. The van der Waals surface area contributed by atoms with Gasteiger partial charge in [0.15, 0.2) is 11.6 Å². The maximum Gasteiger partial charge on any atom is 0.762 e. The maximum atomic E-state index is 13.3. The van der Waals surface area contributed by atoms with Crippen LogP contribution in [0.2, 0.25) is 0 Å². The molecule has 14 rings (SSSR count). The highest BCUT2D eigenvalue weighted by molar-refractivity contribution is 9.10. The fraction of sp³-hybridized carbons (Fsp3) is 0.207. The lowest BCUT2D eigenvalue weighted by molar-refractivity contribution is -0.221. The topological polar surface area (TPSA) is 137 Å². The van der Waals surface area contributed by atoms with Crippen molar-refractivity contribution in [2.45, 2.75) is 96.8 Å². The number of carboxylic acid groups (broad SMARTS) is 1. The predicted molar refractivity (Wildman–Crippen MR) is 392 cm³/mol. The SMILES string of the molecule is CC(C)(c1ccccc1)c1cc(Br)ccc1C(=O)O.CC1(C)c2ccccc2C(=O)c2ccc(Br)cc21.CC1(C)c2ccccc2C(=O)c2ccc(N3c4ccccc4Cc4ccccc43)cc21.CCOCC.FB(F)F.O=C(OC(=O)C(F)(F)F)C(F)(F)F.c1ccc2c(c1)Cc1ccccc1O2. The van der Waals surface area contributed by atoms with Gasteiger partial charge in [-0.3, -0.25) is 22.5 Å². The molecule has 0 bridgehead atoms. The Kier molecular flexibility index (Phi) is 26.2. The van der Waals surface area contributed by atoms with E-state index in [0.29, 0.717) is 5.56 Å². The van der Waals surface area contributed by atoms with Crippen molar-refractivity contribution in [2.24, 2.45) is 0 Å². The molecular formula is C82H71BBr2F9NO9. The van der Waals surface area contributed by atoms with Gasteiger partial charge in [-0.1, -0.05) is 225 Å². The number of rotatable bonds is 6. The monoisotopic (exact) mass is 1550 g/mol. The van der Waals surface area contributed by atoms with Crippen LogP contribution in [0, 0.1) is 0 Å². The van der Waals surface area contributed by atoms with E-state index in [0.717, 1.165) is 108 Å². The van der Waals surface area contributed by atoms with Gasteiger partial charge >= 0.3 is 37.8 Å². The second-order valence-electron chi connectivity index (χ2n) is 25.4. The number of para-hydroxylation sites is 4. The van der Waals surface area contributed by atoms with Gasteiger partial charge in [-0.25, -0.2) is 14.4 Å². The normalized spacial score (nSPS) is 13.4. The van der Waals surface area contributed by atoms with Crippen LogP contribution in [-0.4, -0.2) is 67.7 Å². The number of halogens is 11. The summed E-state index contributed by atoms with van der Waals surface area (Å²) in [5.74, 6) is -5.06. The predicted octanol–water partition coefficient (Wildman–Crippen LogP) is 22.2. The summed E-state index contributed by atoms with van der Waals surface area (Å²) in [5, 5.41) is 9.35. The highest BCUT2D eigenvalue weighted by atomic mass is 79.9. The minimum atomic E-state index is -5.62. The molecule has 22 heteroatoms. The molecule has 1 N–H and O–H groups in total. The second-order valence-corrected chi connectivity index (χ2v) is 27.2. The van der Waals surface area contributed by atoms with Gasteiger partial charge in [0.05, 0.1) is 5.56 Å². The van der Waals surface area contributed by atoms with E-state index in [9.17, 15) is 68.4 Å². The smallest absolute Gasteiger partial charge is 0.478 e. The summed E-state index contributed by atoms with van der Waals surface area (Å²) in [4.78, 5) is 58.8. The Morgan fingerprint density at radius 3 is 1.32 bits per heavy atom. The number of ketones is 2. The molecule has 10 nitrogen and oxygen atoms in total. The van der Waals surface area contributed by atoms with Gasteiger partial charge in [-0.15, -0.1) is 0 Å². The van der Waals surface area contributed by atoms with Crippen molar-refractivity contribution < 1.29 is 82.6 Å². The molecule has 0 amide bonds. The molecule has 0 spiro atoms. The van der Waals surface area contributed by atoms with Crippen molar-refractivity contribution in [2.75, 3.05) is 18.1 Å². The number of alkyl halides is 6. The molecule has 2 aliphatic heterocycles. The summed E-state index contributed by atoms with van der Waals surface area (Å²) in [6.07, 6.45) is -9.33. The lowest BCUT2D eigenvalue weighted by Gasteiger charge is -2.37. The fourth-order valence-corrected chi connectivity index (χ4v) is 13.2. The summed E-state index contributed by atoms with van der Waals surface area (Å²) in [6.45, 7) is 18.5. The summed E-state index contributed by atoms with van der Waals surface area (Å²) in [6, 6.07) is 77.0. The number of hydrogen-bond acceptors (Lipinski definition) is 9. The van der Waals surface area contributed by atoms with Crippen LogP contribution in [-0.2, 0) is 48.1 Å². The Hall–Kier alpha value is -9.90. The van der Waals surface area contributed by atoms with Gasteiger partial charge in [0.25, 0.3) is 0 Å². The number of carboxylic acids is 1. The molecule has 4 aliphatic rings. The van der Waals surface area contributed by atoms with E-state index in [2.05, 4.69) is 172 Å². The minimum Gasteiger partial charge on any atom is -0.478 e. The highest BCUT2D eigenvalue weighted by Crippen LogP contribution is 2.49. The average molecular weight is 1560 g/mol. The molecule has 0 unspecified atom stereocenters. The summed E-state index contributed by atoms with van der Waals surface area (Å²) >= 11 is 6.91. The fourth-order valence-electron chi connectivity index (χ4n) is 12.5. The Bertz CT molecular complexity index is 4590. The van der Waals surface area contributed by atoms with E-state index >= 15 is 0 Å². The van der Waals surface area contributed by atoms with Crippen LogP contribution in [0.3, 0.4) is 0 Å². The lowest BCUT2D eigenvalue weighted by atomic mass is 9.68. The molecule has 10 aromatic rings. The number of carbonyl (C=O) groups excluding carboxylic acids is 4. The molecule has 104 heavy (non-hydrogen) atoms. The van der Waals surface area contributed by atoms with Crippen molar-refractivity contribution in [1.82, 2.24) is 0 Å². The van der Waals surface area contributed by atoms with Crippen molar-refractivity contribution in [1.29, 1.82) is 0 Å². The molecule has 2 heterocycles. The number of anilines is 3. The van der Waals surface area contributed by atoms with Crippen LogP contribution in [0.15, 0.2) is 239 Å². The Morgan fingerprint density at radius 2 is 0.865 bits per heavy atom. The molecule has 0 atom stereocenters. The number of esters is 2. The first-order chi connectivity index (χ1) is 49.1. The van der Waals surface area contributed by atoms with E-state index in [1.807, 2.05) is 143 Å². The summed E-state index contributed by atoms with van der Waals surface area (Å²) < 4.78 is 111. The average Bonchev–Trinajstić information content (AvgIpc) is 0.740. The Balaban J connectivity index is 0.000000165. The van der Waals surface area contributed by atoms with Crippen LogP contribution < -0.4 is 9.64 Å². The molecule has 0 saturated heterocycles. The quantitative estimate of drug-likeness (QED) is 0.0741. The van der Waals surface area contributed by atoms with E-state index in [4.69, 9.17) is 9.47 Å². The van der Waals surface area contributed by atoms with Crippen molar-refractivity contribution in [3.05, 3.63) is 323 Å². The molecule has 0 saturated carbocycles. The molecule has 538 valence electrons. The second kappa shape index (κ2) is 34.1. The van der Waals surface area contributed by atoms with Crippen LogP contribution in [0.25, 0.3) is 0 Å². The zero-order chi connectivity index (χ0) is 76.1. The molecule has 2 aliphatic carbocycles. The van der Waals surface area contributed by atoms with Crippen LogP contribution in [0.4, 0.5) is 56.4 Å². The third-order valence-electron chi connectivity index (χ3n) is 17.6. The number of benzene rings is 10. The third-order valence-corrected chi connectivity index (χ3v) is 18.6. The van der Waals surface area contributed by atoms with E-state index in [-0.39, 0.29) is 27.8 Å². The van der Waals surface area contributed by atoms with Crippen LogP contribution in [0.5, 0.6) is 11.5 Å². The highest BCUT2D eigenvalue weighted by Gasteiger charge is 2.49. The Morgan fingerprint density at radius 1 is 0.490 bits per heavy atom. The number of fused-ring (bicyclic) bond motifs is 8. The molecule has 0 aromatic heterocycles. The molecular weight excluding hydrogens is 1480 g/mol. The van der Waals surface area contributed by atoms with Crippen molar-refractivity contribution in [3.8, 4) is 11.5 Å². The van der Waals surface area contributed by atoms with Gasteiger partial charge in [-0.2, -0.15) is 26.3 Å². The largest absolute Gasteiger partial charge is 0.762 e. The first-order valence-corrected chi connectivity index (χ1v) is 34.2. The van der Waals surface area contributed by atoms with Crippen molar-refractivity contribution in [3.63, 3.8) is 0 Å². The van der Waals surface area contributed by atoms with Gasteiger partial charge in [0, 0.05) is 90.6 Å². The van der Waals surface area contributed by atoms with Crippen molar-refractivity contribution >= 4 is 85.9 Å². The zero-order valence-electron chi connectivity index (χ0n) is 57.7. The number of carbonyl (C=O) groups is 5. The lowest BCUT2D eigenvalue weighted by Crippen LogP contribution is -2.34. The van der Waals surface area contributed by atoms with Gasteiger partial charge < -0.3 is 24.2 Å². The first kappa shape index (κ1) is 79.8. The van der Waals surface area contributed by atoms with Crippen LogP contribution >= 0.6 is 31.9 Å². The number of ether oxygens (including phenoxy) is 3. The number of aromatic carboxylic acids is 1. The van der Waals surface area contributed by atoms with Gasteiger partial charge in [0.2, 0.25) is 0 Å². The molecule has 0 radical (unpaired) electrons. The molecule has 10 aromatic carbocycles. The Labute approximate surface area is 614 Å².